The Kier molecular flexibility index (Phi) is 1.72. The molecule has 1 aliphatic rings. The van der Waals surface area contributed by atoms with E-state index in [1.807, 2.05) is 6.07 Å². The lowest BCUT2D eigenvalue weighted by atomic mass is 10.1. The van der Waals surface area contributed by atoms with Gasteiger partial charge >= 0.3 is 0 Å². The first kappa shape index (κ1) is 7.29. The van der Waals surface area contributed by atoms with Crippen LogP contribution in [0.5, 0.6) is 0 Å². The van der Waals surface area contributed by atoms with Crippen LogP contribution in [0.25, 0.3) is 0 Å². The van der Waals surface area contributed by atoms with Gasteiger partial charge in [-0.15, -0.1) is 0 Å². The summed E-state index contributed by atoms with van der Waals surface area (Å²) in [7, 11) is 0. The average molecular weight is 215 g/mol. The van der Waals surface area contributed by atoms with Crippen LogP contribution in [0.1, 0.15) is 24.3 Å². The highest BCUT2D eigenvalue weighted by molar-refractivity contribution is 9.10. The van der Waals surface area contributed by atoms with E-state index in [-0.39, 0.29) is 5.82 Å². The quantitative estimate of drug-likeness (QED) is 0.672. The van der Waals surface area contributed by atoms with Crippen molar-refractivity contribution in [2.24, 2.45) is 0 Å². The molecular weight excluding hydrogens is 207 g/mol. The molecule has 0 N–H and O–H groups in total. The van der Waals surface area contributed by atoms with E-state index in [1.165, 1.54) is 6.07 Å². The molecule has 1 aromatic carbocycles. The SMILES string of the molecule is Fc1cccc(Br)c1C1CC1. The fraction of sp³-hybridized carbons (Fsp3) is 0.333. The molecular formula is C9H8BrF. The van der Waals surface area contributed by atoms with Gasteiger partial charge in [-0.05, 0) is 30.9 Å². The zero-order chi connectivity index (χ0) is 7.84. The fourth-order valence-electron chi connectivity index (χ4n) is 1.27. The van der Waals surface area contributed by atoms with Crippen LogP contribution in [0.2, 0.25) is 0 Å². The summed E-state index contributed by atoms with van der Waals surface area (Å²) < 4.78 is 14.0. The third-order valence-corrected chi connectivity index (χ3v) is 2.68. The molecule has 1 aliphatic carbocycles. The predicted octanol–water partition coefficient (Wildman–Crippen LogP) is 3.47. The van der Waals surface area contributed by atoms with Gasteiger partial charge in [0.1, 0.15) is 5.82 Å². The van der Waals surface area contributed by atoms with Crippen molar-refractivity contribution in [3.8, 4) is 0 Å². The molecule has 0 amide bonds. The average Bonchev–Trinajstić information content (AvgIpc) is 2.70. The van der Waals surface area contributed by atoms with Crippen molar-refractivity contribution in [1.29, 1.82) is 0 Å². The van der Waals surface area contributed by atoms with Gasteiger partial charge in [-0.1, -0.05) is 22.0 Å². The van der Waals surface area contributed by atoms with Gasteiger partial charge in [-0.3, -0.25) is 0 Å². The molecule has 0 bridgehead atoms. The normalized spacial score (nSPS) is 16.9. The second-order valence-corrected chi connectivity index (χ2v) is 3.76. The minimum Gasteiger partial charge on any atom is -0.207 e. The van der Waals surface area contributed by atoms with Crippen LogP contribution < -0.4 is 0 Å². The molecule has 0 nitrogen and oxygen atoms in total. The lowest BCUT2D eigenvalue weighted by Gasteiger charge is -2.02. The second kappa shape index (κ2) is 2.59. The molecule has 1 aromatic rings. The maximum Gasteiger partial charge on any atom is 0.127 e. The van der Waals surface area contributed by atoms with Gasteiger partial charge in [0.05, 0.1) is 0 Å². The van der Waals surface area contributed by atoms with E-state index in [2.05, 4.69) is 15.9 Å². The summed E-state index contributed by atoms with van der Waals surface area (Å²) in [5.74, 6) is 0.410. The largest absolute Gasteiger partial charge is 0.207 e. The zero-order valence-corrected chi connectivity index (χ0v) is 7.57. The second-order valence-electron chi connectivity index (χ2n) is 2.91. The molecule has 0 aliphatic heterocycles. The zero-order valence-electron chi connectivity index (χ0n) is 5.98. The molecule has 0 spiro atoms. The molecule has 2 rings (SSSR count). The van der Waals surface area contributed by atoms with Gasteiger partial charge in [-0.2, -0.15) is 0 Å². The minimum atomic E-state index is -0.0677. The molecule has 0 radical (unpaired) electrons. The van der Waals surface area contributed by atoms with Crippen molar-refractivity contribution < 1.29 is 4.39 Å². The third-order valence-electron chi connectivity index (χ3n) is 1.99. The Morgan fingerprint density at radius 2 is 2.09 bits per heavy atom. The maximum atomic E-state index is 13.1. The highest BCUT2D eigenvalue weighted by Gasteiger charge is 2.28. The molecule has 0 saturated heterocycles. The Bertz CT molecular complexity index is 259. The smallest absolute Gasteiger partial charge is 0.127 e. The summed E-state index contributed by atoms with van der Waals surface area (Å²) in [6.45, 7) is 0. The van der Waals surface area contributed by atoms with E-state index in [0.717, 1.165) is 22.9 Å². The molecule has 1 fully saturated rings. The van der Waals surface area contributed by atoms with Crippen LogP contribution >= 0.6 is 15.9 Å². The van der Waals surface area contributed by atoms with Gasteiger partial charge in [0.15, 0.2) is 0 Å². The van der Waals surface area contributed by atoms with Gasteiger partial charge in [-0.25, -0.2) is 4.39 Å². The monoisotopic (exact) mass is 214 g/mol. The number of rotatable bonds is 1. The summed E-state index contributed by atoms with van der Waals surface area (Å²) in [5.41, 5.74) is 0.868. The first-order valence-electron chi connectivity index (χ1n) is 3.73. The van der Waals surface area contributed by atoms with Crippen LogP contribution in [0.15, 0.2) is 22.7 Å². The van der Waals surface area contributed by atoms with Crippen LogP contribution in [-0.4, -0.2) is 0 Å². The number of halogens is 2. The van der Waals surface area contributed by atoms with E-state index in [9.17, 15) is 4.39 Å². The summed E-state index contributed by atoms with van der Waals surface area (Å²) in [6, 6.07) is 5.15. The van der Waals surface area contributed by atoms with Gasteiger partial charge in [0, 0.05) is 10.0 Å². The Morgan fingerprint density at radius 1 is 1.36 bits per heavy atom. The standard InChI is InChI=1S/C9H8BrF/c10-7-2-1-3-8(11)9(7)6-4-5-6/h1-3,6H,4-5H2. The van der Waals surface area contributed by atoms with E-state index in [1.54, 1.807) is 6.07 Å². The Hall–Kier alpha value is -0.370. The summed E-state index contributed by atoms with van der Waals surface area (Å²) in [6.07, 6.45) is 2.28. The number of hydrogen-bond acceptors (Lipinski definition) is 0. The van der Waals surface area contributed by atoms with Crippen molar-refractivity contribution in [2.45, 2.75) is 18.8 Å². The summed E-state index contributed by atoms with van der Waals surface area (Å²) in [4.78, 5) is 0. The van der Waals surface area contributed by atoms with Crippen LogP contribution in [-0.2, 0) is 0 Å². The molecule has 0 heterocycles. The molecule has 58 valence electrons. The molecule has 0 atom stereocenters. The van der Waals surface area contributed by atoms with E-state index < -0.39 is 0 Å². The molecule has 0 unspecified atom stereocenters. The first-order chi connectivity index (χ1) is 5.29. The van der Waals surface area contributed by atoms with Crippen molar-refractivity contribution in [3.05, 3.63) is 34.1 Å². The summed E-state index contributed by atoms with van der Waals surface area (Å²) in [5, 5.41) is 0. The van der Waals surface area contributed by atoms with Gasteiger partial charge < -0.3 is 0 Å². The maximum absolute atomic E-state index is 13.1. The lowest BCUT2D eigenvalue weighted by molar-refractivity contribution is 0.609. The van der Waals surface area contributed by atoms with E-state index in [4.69, 9.17) is 0 Å². The third kappa shape index (κ3) is 1.32. The first-order valence-corrected chi connectivity index (χ1v) is 4.52. The van der Waals surface area contributed by atoms with Crippen molar-refractivity contribution in [2.75, 3.05) is 0 Å². The van der Waals surface area contributed by atoms with Crippen molar-refractivity contribution >= 4 is 15.9 Å². The van der Waals surface area contributed by atoms with Gasteiger partial charge in [0.25, 0.3) is 0 Å². The number of benzene rings is 1. The van der Waals surface area contributed by atoms with E-state index in [0.29, 0.717) is 5.92 Å². The molecule has 11 heavy (non-hydrogen) atoms. The van der Waals surface area contributed by atoms with Gasteiger partial charge in [0.2, 0.25) is 0 Å². The fourth-order valence-corrected chi connectivity index (χ4v) is 1.94. The van der Waals surface area contributed by atoms with Crippen molar-refractivity contribution in [3.63, 3.8) is 0 Å². The predicted molar refractivity (Wildman–Crippen MR) is 46.1 cm³/mol. The Morgan fingerprint density at radius 3 is 2.64 bits per heavy atom. The topological polar surface area (TPSA) is 0 Å². The molecule has 2 heteroatoms. The van der Waals surface area contributed by atoms with E-state index >= 15 is 0 Å². The van der Waals surface area contributed by atoms with Crippen LogP contribution in [0, 0.1) is 5.82 Å². The highest BCUT2D eigenvalue weighted by Crippen LogP contribution is 2.44. The Labute approximate surface area is 73.6 Å². The Balaban J connectivity index is 2.48. The summed E-state index contributed by atoms with van der Waals surface area (Å²) >= 11 is 3.35. The molecule has 1 saturated carbocycles. The molecule has 0 aromatic heterocycles. The highest BCUT2D eigenvalue weighted by atomic mass is 79.9. The van der Waals surface area contributed by atoms with Crippen LogP contribution in [0.4, 0.5) is 4.39 Å². The lowest BCUT2D eigenvalue weighted by Crippen LogP contribution is -1.87. The number of hydrogen-bond donors (Lipinski definition) is 0. The van der Waals surface area contributed by atoms with Crippen LogP contribution in [0.3, 0.4) is 0 Å². The van der Waals surface area contributed by atoms with Crippen molar-refractivity contribution in [1.82, 2.24) is 0 Å². The minimum absolute atomic E-state index is 0.0677.